The van der Waals surface area contributed by atoms with Crippen LogP contribution in [0.2, 0.25) is 4.47 Å². The van der Waals surface area contributed by atoms with Crippen LogP contribution in [0, 0.1) is 5.82 Å². The smallest absolute Gasteiger partial charge is 0.229 e. The number of nitrogens with one attached hydrogen (secondary N) is 1. The SMILES string of the molecule is CS(=O)(=O)Nc1cccc(/C=C2/c3ccc(F)cc3CCc3nc(Cl)sc32)c1. The van der Waals surface area contributed by atoms with Crippen molar-refractivity contribution in [2.75, 3.05) is 11.0 Å². The first-order chi connectivity index (χ1) is 13.3. The van der Waals surface area contributed by atoms with Crippen LogP contribution in [0.15, 0.2) is 42.5 Å². The number of hydrogen-bond donors (Lipinski definition) is 1. The maximum Gasteiger partial charge on any atom is 0.229 e. The minimum atomic E-state index is -3.37. The third-order valence-corrected chi connectivity index (χ3v) is 6.25. The fourth-order valence-electron chi connectivity index (χ4n) is 3.33. The van der Waals surface area contributed by atoms with E-state index in [0.717, 1.165) is 39.1 Å². The molecule has 144 valence electrons. The molecule has 3 aromatic rings. The molecule has 28 heavy (non-hydrogen) atoms. The quantitative estimate of drug-likeness (QED) is 0.631. The maximum atomic E-state index is 13.8. The van der Waals surface area contributed by atoms with Crippen LogP contribution in [0.5, 0.6) is 0 Å². The van der Waals surface area contributed by atoms with Gasteiger partial charge in [-0.1, -0.05) is 29.8 Å². The number of nitrogens with zero attached hydrogens (tertiary/aromatic N) is 1. The first-order valence-corrected chi connectivity index (χ1v) is 11.6. The van der Waals surface area contributed by atoms with Crippen molar-refractivity contribution < 1.29 is 12.8 Å². The molecule has 1 aliphatic rings. The number of sulfonamides is 1. The molecule has 4 rings (SSSR count). The van der Waals surface area contributed by atoms with E-state index in [1.54, 1.807) is 30.3 Å². The van der Waals surface area contributed by atoms with Crippen LogP contribution in [-0.2, 0) is 22.9 Å². The van der Waals surface area contributed by atoms with Crippen LogP contribution in [0.1, 0.15) is 27.3 Å². The molecule has 0 saturated heterocycles. The largest absolute Gasteiger partial charge is 0.284 e. The Hall–Kier alpha value is -2.22. The maximum absolute atomic E-state index is 13.8. The predicted molar refractivity (Wildman–Crippen MR) is 113 cm³/mol. The van der Waals surface area contributed by atoms with Crippen molar-refractivity contribution in [3.8, 4) is 0 Å². The van der Waals surface area contributed by atoms with Gasteiger partial charge in [-0.2, -0.15) is 0 Å². The van der Waals surface area contributed by atoms with E-state index >= 15 is 0 Å². The van der Waals surface area contributed by atoms with Gasteiger partial charge in [0.15, 0.2) is 4.47 Å². The number of anilines is 1. The van der Waals surface area contributed by atoms with Gasteiger partial charge in [-0.3, -0.25) is 4.72 Å². The number of hydrogen-bond acceptors (Lipinski definition) is 4. The van der Waals surface area contributed by atoms with E-state index in [0.29, 0.717) is 23.0 Å². The summed E-state index contributed by atoms with van der Waals surface area (Å²) in [7, 11) is -3.37. The highest BCUT2D eigenvalue weighted by atomic mass is 35.5. The standard InChI is InChI=1S/C20H16ClFN2O2S2/c1-28(25,26)24-15-4-2-3-12(9-15)10-17-16-7-6-14(22)11-13(16)5-8-18-19(17)27-20(21)23-18/h2-4,6-7,9-11,24H,5,8H2,1H3/b17-10-. The Labute approximate surface area is 171 Å². The van der Waals surface area contributed by atoms with Crippen molar-refractivity contribution >= 4 is 50.3 Å². The molecule has 0 saturated carbocycles. The number of thiazole rings is 1. The number of halogens is 2. The van der Waals surface area contributed by atoms with Crippen molar-refractivity contribution in [1.82, 2.24) is 4.98 Å². The molecule has 0 atom stereocenters. The second kappa shape index (κ2) is 7.31. The zero-order valence-corrected chi connectivity index (χ0v) is 17.3. The van der Waals surface area contributed by atoms with Crippen molar-refractivity contribution in [2.45, 2.75) is 12.8 Å². The van der Waals surface area contributed by atoms with Crippen molar-refractivity contribution in [2.24, 2.45) is 0 Å². The van der Waals surface area contributed by atoms with E-state index in [1.807, 2.05) is 12.1 Å². The lowest BCUT2D eigenvalue weighted by Gasteiger charge is -2.10. The average molecular weight is 435 g/mol. The number of rotatable bonds is 3. The molecule has 0 spiro atoms. The van der Waals surface area contributed by atoms with E-state index in [1.165, 1.54) is 17.4 Å². The Morgan fingerprint density at radius 1 is 1.21 bits per heavy atom. The molecule has 1 N–H and O–H groups in total. The lowest BCUT2D eigenvalue weighted by Crippen LogP contribution is -2.09. The second-order valence-electron chi connectivity index (χ2n) is 6.60. The van der Waals surface area contributed by atoms with Gasteiger partial charge in [0, 0.05) is 11.3 Å². The molecule has 0 fully saturated rings. The number of aryl methyl sites for hydroxylation is 2. The number of fused-ring (bicyclic) bond motifs is 2. The zero-order valence-electron chi connectivity index (χ0n) is 14.9. The van der Waals surface area contributed by atoms with Crippen LogP contribution in [0.25, 0.3) is 11.6 Å². The van der Waals surface area contributed by atoms with Gasteiger partial charge in [0.1, 0.15) is 5.82 Å². The molecular weight excluding hydrogens is 419 g/mol. The van der Waals surface area contributed by atoms with E-state index < -0.39 is 10.0 Å². The topological polar surface area (TPSA) is 59.1 Å². The van der Waals surface area contributed by atoms with Crippen molar-refractivity contribution in [3.63, 3.8) is 0 Å². The van der Waals surface area contributed by atoms with Gasteiger partial charge in [-0.05, 0) is 59.9 Å². The number of benzene rings is 2. The minimum absolute atomic E-state index is 0.270. The molecule has 0 bridgehead atoms. The third-order valence-electron chi connectivity index (χ3n) is 4.41. The summed E-state index contributed by atoms with van der Waals surface area (Å²) in [5.41, 5.74) is 4.94. The summed E-state index contributed by atoms with van der Waals surface area (Å²) in [5.74, 6) is -0.270. The fraction of sp³-hybridized carbons (Fsp3) is 0.150. The van der Waals surface area contributed by atoms with Crippen LogP contribution in [-0.4, -0.2) is 19.7 Å². The number of aromatic nitrogens is 1. The highest BCUT2D eigenvalue weighted by Gasteiger charge is 2.22. The molecule has 0 amide bonds. The highest BCUT2D eigenvalue weighted by molar-refractivity contribution is 7.92. The summed E-state index contributed by atoms with van der Waals surface area (Å²) in [5, 5.41) is 0. The Balaban J connectivity index is 1.87. The van der Waals surface area contributed by atoms with Crippen LogP contribution < -0.4 is 4.72 Å². The minimum Gasteiger partial charge on any atom is -0.284 e. The average Bonchev–Trinajstić information content (AvgIpc) is 2.92. The van der Waals surface area contributed by atoms with Crippen LogP contribution in [0.3, 0.4) is 0 Å². The molecule has 4 nitrogen and oxygen atoms in total. The Morgan fingerprint density at radius 3 is 2.82 bits per heavy atom. The monoisotopic (exact) mass is 434 g/mol. The normalized spacial score (nSPS) is 15.0. The summed E-state index contributed by atoms with van der Waals surface area (Å²) >= 11 is 7.56. The Morgan fingerprint density at radius 2 is 2.04 bits per heavy atom. The van der Waals surface area contributed by atoms with Crippen LogP contribution >= 0.6 is 22.9 Å². The molecule has 1 aliphatic carbocycles. The van der Waals surface area contributed by atoms with E-state index in [9.17, 15) is 12.8 Å². The molecule has 8 heteroatoms. The molecule has 0 aliphatic heterocycles. The van der Waals surface area contributed by atoms with Gasteiger partial charge in [-0.25, -0.2) is 17.8 Å². The molecule has 0 radical (unpaired) electrons. The van der Waals surface area contributed by atoms with E-state index in [4.69, 9.17) is 11.6 Å². The van der Waals surface area contributed by atoms with Gasteiger partial charge in [0.05, 0.1) is 16.8 Å². The van der Waals surface area contributed by atoms with Gasteiger partial charge in [0.2, 0.25) is 10.0 Å². The lowest BCUT2D eigenvalue weighted by molar-refractivity contribution is 0.607. The predicted octanol–water partition coefficient (Wildman–Crippen LogP) is 4.99. The lowest BCUT2D eigenvalue weighted by atomic mass is 9.97. The van der Waals surface area contributed by atoms with Gasteiger partial charge >= 0.3 is 0 Å². The van der Waals surface area contributed by atoms with Crippen molar-refractivity contribution in [3.05, 3.63) is 80.0 Å². The third kappa shape index (κ3) is 4.11. The van der Waals surface area contributed by atoms with E-state index in [-0.39, 0.29) is 5.82 Å². The highest BCUT2D eigenvalue weighted by Crippen LogP contribution is 2.39. The summed E-state index contributed by atoms with van der Waals surface area (Å²) in [6.45, 7) is 0. The molecule has 2 aromatic carbocycles. The molecule has 1 heterocycles. The second-order valence-corrected chi connectivity index (χ2v) is 9.93. The molecule has 0 unspecified atom stereocenters. The molecule has 1 aromatic heterocycles. The van der Waals surface area contributed by atoms with Crippen LogP contribution in [0.4, 0.5) is 10.1 Å². The summed E-state index contributed by atoms with van der Waals surface area (Å²) in [6, 6.07) is 11.9. The van der Waals surface area contributed by atoms with Gasteiger partial charge < -0.3 is 0 Å². The van der Waals surface area contributed by atoms with E-state index in [2.05, 4.69) is 9.71 Å². The molecular formula is C20H16ClFN2O2S2. The van der Waals surface area contributed by atoms with Gasteiger partial charge in [-0.15, -0.1) is 11.3 Å². The fourth-order valence-corrected chi connectivity index (χ4v) is 5.08. The zero-order chi connectivity index (χ0) is 19.9. The summed E-state index contributed by atoms with van der Waals surface area (Å²) in [4.78, 5) is 5.39. The Kier molecular flexibility index (Phi) is 4.99. The first kappa shape index (κ1) is 19.1. The van der Waals surface area contributed by atoms with Gasteiger partial charge in [0.25, 0.3) is 0 Å². The summed E-state index contributed by atoms with van der Waals surface area (Å²) in [6.07, 6.45) is 4.43. The summed E-state index contributed by atoms with van der Waals surface area (Å²) < 4.78 is 39.8. The van der Waals surface area contributed by atoms with Crippen molar-refractivity contribution in [1.29, 1.82) is 0 Å². The first-order valence-electron chi connectivity index (χ1n) is 8.52. The Bertz CT molecular complexity index is 1200.